The predicted molar refractivity (Wildman–Crippen MR) is 57.8 cm³/mol. The Morgan fingerprint density at radius 3 is 2.36 bits per heavy atom. The number of nitrogens with two attached hydrogens (primary N) is 1. The Morgan fingerprint density at radius 2 is 1.86 bits per heavy atom. The maximum absolute atomic E-state index is 11.6. The molecule has 1 aliphatic carbocycles. The van der Waals surface area contributed by atoms with Crippen LogP contribution in [0.15, 0.2) is 0 Å². The molecule has 3 N–H and O–H groups in total. The van der Waals surface area contributed by atoms with Crippen molar-refractivity contribution in [1.29, 1.82) is 0 Å². The molecule has 0 aromatic rings. The highest BCUT2D eigenvalue weighted by molar-refractivity contribution is 5.82. The number of carbonyl (C=O) groups excluding carboxylic acids is 1. The minimum atomic E-state index is -0.350. The van der Waals surface area contributed by atoms with Crippen LogP contribution in [0.3, 0.4) is 0 Å². The first-order chi connectivity index (χ1) is 6.61. The number of nitrogens with one attached hydrogen (secondary N) is 1. The van der Waals surface area contributed by atoms with Crippen LogP contribution in [-0.4, -0.2) is 18.0 Å². The SMILES string of the molecule is CC(C)[C@H](N)C(=O)NC1CCCCC1. The minimum absolute atomic E-state index is 0.0203. The maximum Gasteiger partial charge on any atom is 0.237 e. The lowest BCUT2D eigenvalue weighted by Gasteiger charge is -2.25. The third-order valence-electron chi connectivity index (χ3n) is 2.97. The van der Waals surface area contributed by atoms with Crippen molar-refractivity contribution in [1.82, 2.24) is 5.32 Å². The molecular weight excluding hydrogens is 176 g/mol. The molecule has 0 unspecified atom stereocenters. The largest absolute Gasteiger partial charge is 0.352 e. The van der Waals surface area contributed by atoms with Gasteiger partial charge in [-0.1, -0.05) is 33.1 Å². The van der Waals surface area contributed by atoms with Crippen molar-refractivity contribution in [3.63, 3.8) is 0 Å². The lowest BCUT2D eigenvalue weighted by atomic mass is 9.94. The molecule has 0 radical (unpaired) electrons. The normalized spacial score (nSPS) is 20.9. The van der Waals surface area contributed by atoms with E-state index in [0.29, 0.717) is 6.04 Å². The predicted octanol–water partition coefficient (Wildman–Crippen LogP) is 1.42. The van der Waals surface area contributed by atoms with Crippen LogP contribution in [0.5, 0.6) is 0 Å². The Hall–Kier alpha value is -0.570. The second-order valence-electron chi connectivity index (χ2n) is 4.61. The van der Waals surface area contributed by atoms with Gasteiger partial charge in [0, 0.05) is 6.04 Å². The number of rotatable bonds is 3. The summed E-state index contributed by atoms with van der Waals surface area (Å²) in [5.74, 6) is 0.241. The summed E-state index contributed by atoms with van der Waals surface area (Å²) < 4.78 is 0. The number of hydrogen-bond donors (Lipinski definition) is 2. The Morgan fingerprint density at radius 1 is 1.29 bits per heavy atom. The van der Waals surface area contributed by atoms with E-state index in [-0.39, 0.29) is 17.9 Å². The number of amides is 1. The average Bonchev–Trinajstić information content (AvgIpc) is 2.18. The zero-order valence-corrected chi connectivity index (χ0v) is 9.25. The fourth-order valence-corrected chi connectivity index (χ4v) is 1.85. The van der Waals surface area contributed by atoms with E-state index in [1.54, 1.807) is 0 Å². The van der Waals surface area contributed by atoms with Crippen LogP contribution in [0.1, 0.15) is 46.0 Å². The van der Waals surface area contributed by atoms with E-state index in [1.165, 1.54) is 19.3 Å². The fourth-order valence-electron chi connectivity index (χ4n) is 1.85. The Labute approximate surface area is 86.4 Å². The molecular formula is C11H22N2O. The first-order valence-corrected chi connectivity index (χ1v) is 5.67. The van der Waals surface area contributed by atoms with Crippen LogP contribution >= 0.6 is 0 Å². The third-order valence-corrected chi connectivity index (χ3v) is 2.97. The van der Waals surface area contributed by atoms with Crippen molar-refractivity contribution in [3.8, 4) is 0 Å². The first kappa shape index (κ1) is 11.5. The molecule has 1 saturated carbocycles. The second kappa shape index (κ2) is 5.35. The maximum atomic E-state index is 11.6. The minimum Gasteiger partial charge on any atom is -0.352 e. The van der Waals surface area contributed by atoms with Crippen molar-refractivity contribution in [2.75, 3.05) is 0 Å². The molecule has 82 valence electrons. The first-order valence-electron chi connectivity index (χ1n) is 5.67. The standard InChI is InChI=1S/C11H22N2O/c1-8(2)10(12)11(14)13-9-6-4-3-5-7-9/h8-10H,3-7,12H2,1-2H3,(H,13,14)/t10-/m0/s1. The van der Waals surface area contributed by atoms with Crippen LogP contribution in [0, 0.1) is 5.92 Å². The average molecular weight is 198 g/mol. The van der Waals surface area contributed by atoms with Gasteiger partial charge in [-0.15, -0.1) is 0 Å². The van der Waals surface area contributed by atoms with Crippen LogP contribution in [0.4, 0.5) is 0 Å². The lowest BCUT2D eigenvalue weighted by molar-refractivity contribution is -0.124. The van der Waals surface area contributed by atoms with Crippen LogP contribution < -0.4 is 11.1 Å². The zero-order chi connectivity index (χ0) is 10.6. The van der Waals surface area contributed by atoms with E-state index in [2.05, 4.69) is 5.32 Å². The molecule has 0 aliphatic heterocycles. The summed E-state index contributed by atoms with van der Waals surface area (Å²) in [6.07, 6.45) is 6.03. The molecule has 1 aliphatic rings. The second-order valence-corrected chi connectivity index (χ2v) is 4.61. The molecule has 3 nitrogen and oxygen atoms in total. The summed E-state index contributed by atoms with van der Waals surface area (Å²) in [5, 5.41) is 3.04. The molecule has 1 atom stereocenters. The van der Waals surface area contributed by atoms with Crippen molar-refractivity contribution >= 4 is 5.91 Å². The van der Waals surface area contributed by atoms with Crippen molar-refractivity contribution < 1.29 is 4.79 Å². The Kier molecular flexibility index (Phi) is 4.39. The van der Waals surface area contributed by atoms with E-state index < -0.39 is 0 Å². The quantitative estimate of drug-likeness (QED) is 0.720. The van der Waals surface area contributed by atoms with Gasteiger partial charge in [-0.2, -0.15) is 0 Å². The van der Waals surface area contributed by atoms with Crippen LogP contribution in [0.2, 0.25) is 0 Å². The van der Waals surface area contributed by atoms with Gasteiger partial charge < -0.3 is 11.1 Å². The Bertz CT molecular complexity index is 186. The van der Waals surface area contributed by atoms with E-state index in [1.807, 2.05) is 13.8 Å². The van der Waals surface area contributed by atoms with E-state index >= 15 is 0 Å². The molecule has 0 aromatic heterocycles. The fraction of sp³-hybridized carbons (Fsp3) is 0.909. The van der Waals surface area contributed by atoms with E-state index in [4.69, 9.17) is 5.73 Å². The monoisotopic (exact) mass is 198 g/mol. The molecule has 0 heterocycles. The summed E-state index contributed by atoms with van der Waals surface area (Å²) >= 11 is 0. The summed E-state index contributed by atoms with van der Waals surface area (Å²) in [6.45, 7) is 3.95. The molecule has 0 aromatic carbocycles. The Balaban J connectivity index is 2.31. The summed E-state index contributed by atoms with van der Waals surface area (Å²) in [4.78, 5) is 11.6. The summed E-state index contributed by atoms with van der Waals surface area (Å²) in [7, 11) is 0. The highest BCUT2D eigenvalue weighted by Crippen LogP contribution is 2.17. The lowest BCUT2D eigenvalue weighted by Crippen LogP contribution is -2.48. The van der Waals surface area contributed by atoms with Crippen molar-refractivity contribution in [3.05, 3.63) is 0 Å². The van der Waals surface area contributed by atoms with Crippen LogP contribution in [0.25, 0.3) is 0 Å². The van der Waals surface area contributed by atoms with Gasteiger partial charge in [0.2, 0.25) is 5.91 Å². The topological polar surface area (TPSA) is 55.1 Å². The van der Waals surface area contributed by atoms with Gasteiger partial charge >= 0.3 is 0 Å². The highest BCUT2D eigenvalue weighted by atomic mass is 16.2. The van der Waals surface area contributed by atoms with E-state index in [0.717, 1.165) is 12.8 Å². The van der Waals surface area contributed by atoms with Crippen molar-refractivity contribution in [2.24, 2.45) is 11.7 Å². The zero-order valence-electron chi connectivity index (χ0n) is 9.25. The van der Waals surface area contributed by atoms with E-state index in [9.17, 15) is 4.79 Å². The highest BCUT2D eigenvalue weighted by Gasteiger charge is 2.21. The van der Waals surface area contributed by atoms with Crippen molar-refractivity contribution in [2.45, 2.75) is 58.0 Å². The van der Waals surface area contributed by atoms with Gasteiger partial charge in [0.1, 0.15) is 0 Å². The van der Waals surface area contributed by atoms with Gasteiger partial charge in [-0.3, -0.25) is 4.79 Å². The molecule has 0 saturated heterocycles. The molecule has 0 spiro atoms. The molecule has 1 rings (SSSR count). The summed E-state index contributed by atoms with van der Waals surface area (Å²) in [5.41, 5.74) is 5.77. The third kappa shape index (κ3) is 3.29. The molecule has 0 bridgehead atoms. The molecule has 3 heteroatoms. The van der Waals surface area contributed by atoms with Gasteiger partial charge in [-0.05, 0) is 18.8 Å². The number of hydrogen-bond acceptors (Lipinski definition) is 2. The number of carbonyl (C=O) groups is 1. The van der Waals surface area contributed by atoms with Gasteiger partial charge in [0.25, 0.3) is 0 Å². The van der Waals surface area contributed by atoms with Crippen LogP contribution in [-0.2, 0) is 4.79 Å². The molecule has 1 amide bonds. The van der Waals surface area contributed by atoms with Gasteiger partial charge in [-0.25, -0.2) is 0 Å². The molecule has 14 heavy (non-hydrogen) atoms. The smallest absolute Gasteiger partial charge is 0.237 e. The molecule has 1 fully saturated rings. The van der Waals surface area contributed by atoms with Gasteiger partial charge in [0.05, 0.1) is 6.04 Å². The van der Waals surface area contributed by atoms with Gasteiger partial charge in [0.15, 0.2) is 0 Å². The summed E-state index contributed by atoms with van der Waals surface area (Å²) in [6, 6.07) is 0.0259.